The molecule has 3 heterocycles. The monoisotopic (exact) mass is 1350 g/mol. The number of hydrogen-bond acceptors (Lipinski definition) is 14. The minimum absolute atomic E-state index is 0.00677. The minimum Gasteiger partial charge on any atom is -0.481 e. The highest BCUT2D eigenvalue weighted by molar-refractivity contribution is 6.34. The highest BCUT2D eigenvalue weighted by Crippen LogP contribution is 2.36. The lowest BCUT2D eigenvalue weighted by Gasteiger charge is -2.21. The maximum atomic E-state index is 12.8. The second-order valence-electron chi connectivity index (χ2n) is 21.3. The van der Waals surface area contributed by atoms with Gasteiger partial charge in [-0.15, -0.1) is 0 Å². The van der Waals surface area contributed by atoms with Gasteiger partial charge in [0.25, 0.3) is 0 Å². The van der Waals surface area contributed by atoms with Crippen molar-refractivity contribution in [3.05, 3.63) is 191 Å². The summed E-state index contributed by atoms with van der Waals surface area (Å²) >= 11 is 19.2. The minimum atomic E-state index is -4.87. The average molecular weight is 1350 g/mol. The number of aliphatic carboxylic acids is 1. The average Bonchev–Trinajstić information content (AvgIpc) is 1.81. The summed E-state index contributed by atoms with van der Waals surface area (Å²) in [4.78, 5) is 71.6. The van der Waals surface area contributed by atoms with E-state index < -0.39 is 30.1 Å². The van der Waals surface area contributed by atoms with Crippen molar-refractivity contribution in [1.29, 1.82) is 0 Å². The molecule has 93 heavy (non-hydrogen) atoms. The predicted molar refractivity (Wildman–Crippen MR) is 347 cm³/mol. The van der Waals surface area contributed by atoms with Gasteiger partial charge < -0.3 is 45.8 Å². The first-order chi connectivity index (χ1) is 44.2. The van der Waals surface area contributed by atoms with Crippen LogP contribution >= 0.6 is 34.8 Å². The summed E-state index contributed by atoms with van der Waals surface area (Å²) in [7, 11) is 3.05. The molecule has 5 N–H and O–H groups in total. The van der Waals surface area contributed by atoms with E-state index in [4.69, 9.17) is 59.2 Å². The molecule has 0 aromatic heterocycles. The summed E-state index contributed by atoms with van der Waals surface area (Å²) in [5, 5.41) is 30.9. The molecule has 0 spiro atoms. The number of fused-ring (bicyclic) bond motifs is 3. The molecule has 0 atom stereocenters. The number of anilines is 3. The van der Waals surface area contributed by atoms with Gasteiger partial charge in [0.1, 0.15) is 14.2 Å². The van der Waals surface area contributed by atoms with Gasteiger partial charge in [0.2, 0.25) is 0 Å². The zero-order valence-electron chi connectivity index (χ0n) is 52.1. The topological polar surface area (TPSA) is 220 Å². The van der Waals surface area contributed by atoms with E-state index in [9.17, 15) is 45.5 Å². The van der Waals surface area contributed by atoms with Gasteiger partial charge in [-0.25, -0.2) is 0 Å². The van der Waals surface area contributed by atoms with Gasteiger partial charge in [-0.05, 0) is 152 Å². The Kier molecular flexibility index (Phi) is 29.7. The van der Waals surface area contributed by atoms with Crippen molar-refractivity contribution in [3.63, 3.8) is 0 Å². The van der Waals surface area contributed by atoms with E-state index in [2.05, 4.69) is 61.9 Å². The zero-order chi connectivity index (χ0) is 68.4. The highest BCUT2D eigenvalue weighted by atomic mass is 35.5. The number of carbonyl (C=O) groups excluding carboxylic acids is 5. The third-order valence-electron chi connectivity index (χ3n) is 15.1. The van der Waals surface area contributed by atoms with Crippen LogP contribution < -0.4 is 21.3 Å². The number of Topliss-reactive ketones (excluding diaryl/α,β-unsaturated/α-hetero) is 1. The van der Waals surface area contributed by atoms with E-state index in [1.165, 1.54) is 30.7 Å². The van der Waals surface area contributed by atoms with Gasteiger partial charge in [-0.1, -0.05) is 143 Å². The van der Waals surface area contributed by atoms with E-state index >= 15 is 0 Å². The second-order valence-corrected chi connectivity index (χ2v) is 22.5. The smallest absolute Gasteiger partial charge is 0.471 e. The molecule has 3 aliphatic heterocycles. The lowest BCUT2D eigenvalue weighted by atomic mass is 10.0. The van der Waals surface area contributed by atoms with Crippen LogP contribution in [0.4, 0.5) is 43.4 Å². The largest absolute Gasteiger partial charge is 0.481 e. The number of alkyl halides is 6. The summed E-state index contributed by atoms with van der Waals surface area (Å²) in [6.07, 6.45) is -5.96. The first-order valence-corrected chi connectivity index (χ1v) is 30.6. The SMILES string of the molecule is CC(=O)c1ccc(CNc2c(Cl)ccc3c2CCN(C(=O)C(F)(F)F)CC3)cc1.CCC(=O)O.CON=C(C)c1ccc(CNc2c(Cl)ccc3c2CCN(C(=O)C(F)(F)F)CC3)cc1.CON=C(C)c1ccc(CNc2c(Cl)ccc3c2CCNCC3)cc1.O=C=O. The van der Waals surface area contributed by atoms with Gasteiger partial charge in [0, 0.05) is 57.8 Å². The van der Waals surface area contributed by atoms with Crippen LogP contribution in [-0.4, -0.2) is 122 Å². The Balaban J connectivity index is 0.000000239. The standard InChI is InChI=1S/C22H23ClF3N3O2.C21H20ClF3N2O2.C20H24ClN3O.C3H6O2.CO2/c1-14(28-31-2)16-5-3-15(4-6-16)13-27-20-18-10-12-29(21(30)22(24,25)26)11-9-17(18)7-8-19(20)23;1-13(28)15-4-2-14(3-5-15)12-26-19-17-9-11-27(20(29)21(23,24)25)10-8-16(17)6-7-18(19)22;1-14(24-25-2)16-5-3-15(4-6-16)13-23-20-18-10-12-22-11-9-17(18)7-8-19(20)21;1-2-3(4)5;2-1-3/h3-8,27H,9-13H2,1-2H3;2-7,26H,8-12H2,1H3;3-8,22-23H,9-13H2,1-2H3;2H2,1H3,(H,4,5);. The number of carboxylic acids is 1. The van der Waals surface area contributed by atoms with E-state index in [0.717, 1.165) is 109 Å². The Morgan fingerprint density at radius 2 is 0.817 bits per heavy atom. The molecule has 498 valence electrons. The summed E-state index contributed by atoms with van der Waals surface area (Å²) in [6.45, 7) is 10.6. The van der Waals surface area contributed by atoms with Crippen LogP contribution in [0, 0.1) is 0 Å². The number of halogens is 9. The van der Waals surface area contributed by atoms with Gasteiger partial charge in [-0.2, -0.15) is 35.9 Å². The number of carboxylic acid groups (broad SMARTS) is 1. The molecular weight excluding hydrogens is 1280 g/mol. The number of nitrogens with zero attached hydrogens (tertiary/aromatic N) is 4. The molecule has 0 aliphatic carbocycles. The molecule has 3 aliphatic rings. The molecule has 0 fully saturated rings. The van der Waals surface area contributed by atoms with Gasteiger partial charge in [0.05, 0.1) is 43.6 Å². The van der Waals surface area contributed by atoms with Crippen LogP contribution in [0.25, 0.3) is 0 Å². The maximum absolute atomic E-state index is 12.8. The van der Waals surface area contributed by atoms with Crippen LogP contribution in [0.3, 0.4) is 0 Å². The Morgan fingerprint density at radius 3 is 1.13 bits per heavy atom. The molecule has 0 saturated carbocycles. The summed E-state index contributed by atoms with van der Waals surface area (Å²) in [6, 6.07) is 34.5. The van der Waals surface area contributed by atoms with E-state index in [1.54, 1.807) is 44.4 Å². The van der Waals surface area contributed by atoms with Crippen LogP contribution in [0.2, 0.25) is 15.1 Å². The molecule has 6 aromatic carbocycles. The molecule has 17 nitrogen and oxygen atoms in total. The normalized spacial score (nSPS) is 13.7. The van der Waals surface area contributed by atoms with Crippen molar-refractivity contribution >= 4 is 93.0 Å². The number of hydrogen-bond donors (Lipinski definition) is 5. The fourth-order valence-corrected chi connectivity index (χ4v) is 10.9. The highest BCUT2D eigenvalue weighted by Gasteiger charge is 2.44. The van der Waals surface area contributed by atoms with Crippen molar-refractivity contribution < 1.29 is 69.9 Å². The third-order valence-corrected chi connectivity index (χ3v) is 16.0. The quantitative estimate of drug-likeness (QED) is 0.0280. The zero-order valence-corrected chi connectivity index (χ0v) is 54.4. The van der Waals surface area contributed by atoms with Crippen LogP contribution in [0.1, 0.15) is 106 Å². The number of nitrogens with one attached hydrogen (secondary N) is 4. The van der Waals surface area contributed by atoms with Gasteiger partial charge in [-0.3, -0.25) is 19.2 Å². The number of amides is 2. The first kappa shape index (κ1) is 75.3. The molecule has 0 radical (unpaired) electrons. The summed E-state index contributed by atoms with van der Waals surface area (Å²) in [5.41, 5.74) is 16.0. The van der Waals surface area contributed by atoms with E-state index in [-0.39, 0.29) is 51.0 Å². The fourth-order valence-electron chi connectivity index (χ4n) is 10.2. The molecule has 6 aromatic rings. The van der Waals surface area contributed by atoms with Gasteiger partial charge >= 0.3 is 36.3 Å². The molecule has 2 amide bonds. The van der Waals surface area contributed by atoms with E-state index in [0.29, 0.717) is 59.3 Å². The fraction of sp³-hybridized carbons (Fsp3) is 0.358. The van der Waals surface area contributed by atoms with Crippen molar-refractivity contribution in [2.45, 2.75) is 105 Å². The van der Waals surface area contributed by atoms with Crippen molar-refractivity contribution in [3.8, 4) is 0 Å². The number of ketones is 1. The Labute approximate surface area is 550 Å². The van der Waals surface area contributed by atoms with Crippen LogP contribution in [0.15, 0.2) is 120 Å². The maximum Gasteiger partial charge on any atom is 0.471 e. The van der Waals surface area contributed by atoms with Crippen molar-refractivity contribution in [2.24, 2.45) is 10.3 Å². The Hall–Kier alpha value is -8.47. The van der Waals surface area contributed by atoms with Crippen molar-refractivity contribution in [1.82, 2.24) is 15.1 Å². The van der Waals surface area contributed by atoms with E-state index in [1.807, 2.05) is 62.4 Å². The Bertz CT molecular complexity index is 3610. The molecule has 26 heteroatoms. The molecule has 9 rings (SSSR count). The number of rotatable bonds is 15. The molecule has 0 saturated heterocycles. The lowest BCUT2D eigenvalue weighted by molar-refractivity contribution is -0.191. The summed E-state index contributed by atoms with van der Waals surface area (Å²) < 4.78 is 76.8. The number of carbonyl (C=O) groups is 4. The number of benzene rings is 6. The van der Waals surface area contributed by atoms with Gasteiger partial charge in [0.15, 0.2) is 5.78 Å². The van der Waals surface area contributed by atoms with Crippen LogP contribution in [0.5, 0.6) is 0 Å². The second kappa shape index (κ2) is 36.7. The summed E-state index contributed by atoms with van der Waals surface area (Å²) in [5.74, 6) is -4.37. The molecular formula is C67H73Cl3F6N8O9. The Morgan fingerprint density at radius 1 is 0.516 bits per heavy atom. The predicted octanol–water partition coefficient (Wildman–Crippen LogP) is 13.4. The molecule has 0 unspecified atom stereocenters. The van der Waals surface area contributed by atoms with Crippen LogP contribution in [-0.2, 0) is 91.8 Å². The van der Waals surface area contributed by atoms with Crippen molar-refractivity contribution in [2.75, 3.05) is 69.4 Å². The lowest BCUT2D eigenvalue weighted by Crippen LogP contribution is -2.42. The first-order valence-electron chi connectivity index (χ1n) is 29.4. The third kappa shape index (κ3) is 23.0. The number of oxime groups is 2. The molecule has 0 bridgehead atoms.